The molecule has 0 radical (unpaired) electrons. The highest BCUT2D eigenvalue weighted by atomic mass is 32.2. The van der Waals surface area contributed by atoms with Crippen LogP contribution in [0.15, 0.2) is 40.6 Å². The maximum Gasteiger partial charge on any atom is 0.241 e. The van der Waals surface area contributed by atoms with Gasteiger partial charge in [-0.15, -0.1) is 0 Å². The van der Waals surface area contributed by atoms with Crippen molar-refractivity contribution in [2.24, 2.45) is 5.73 Å². The summed E-state index contributed by atoms with van der Waals surface area (Å²) in [5.41, 5.74) is 6.58. The van der Waals surface area contributed by atoms with Gasteiger partial charge in [0.25, 0.3) is 0 Å². The largest absolute Gasteiger partial charge is 0.325 e. The van der Waals surface area contributed by atoms with E-state index in [9.17, 15) is 4.79 Å². The van der Waals surface area contributed by atoms with Crippen LogP contribution in [-0.2, 0) is 4.79 Å². The lowest BCUT2D eigenvalue weighted by Crippen LogP contribution is -2.35. The molecule has 21 heavy (non-hydrogen) atoms. The molecule has 7 heteroatoms. The zero-order valence-electron chi connectivity index (χ0n) is 11.9. The Morgan fingerprint density at radius 3 is 2.81 bits per heavy atom. The summed E-state index contributed by atoms with van der Waals surface area (Å²) < 4.78 is 0. The van der Waals surface area contributed by atoms with Gasteiger partial charge in [-0.25, -0.2) is 4.98 Å². The number of aromatic amines is 1. The molecule has 1 atom stereocenters. The Morgan fingerprint density at radius 2 is 2.19 bits per heavy atom. The van der Waals surface area contributed by atoms with Crippen LogP contribution in [0.3, 0.4) is 0 Å². The summed E-state index contributed by atoms with van der Waals surface area (Å²) in [5.74, 6) is -0.140. The third kappa shape index (κ3) is 4.87. The first-order valence-corrected chi connectivity index (χ1v) is 7.70. The Morgan fingerprint density at radius 1 is 1.43 bits per heavy atom. The second-order valence-corrected chi connectivity index (χ2v) is 5.72. The molecular weight excluding hydrogens is 286 g/mol. The van der Waals surface area contributed by atoms with Crippen molar-refractivity contribution in [1.82, 2.24) is 15.2 Å². The lowest BCUT2D eigenvalue weighted by Gasteiger charge is -2.11. The molecule has 0 saturated heterocycles. The second-order valence-electron chi connectivity index (χ2n) is 4.66. The predicted octanol–water partition coefficient (Wildman–Crippen LogP) is 2.41. The Balaban J connectivity index is 1.88. The van der Waals surface area contributed by atoms with E-state index >= 15 is 0 Å². The molecular formula is C14H19N5OS. The first-order chi connectivity index (χ1) is 10.2. The average Bonchev–Trinajstić information content (AvgIpc) is 2.99. The van der Waals surface area contributed by atoms with Crippen LogP contribution in [0.2, 0.25) is 0 Å². The molecule has 2 aromatic rings. The molecule has 1 aromatic carbocycles. The van der Waals surface area contributed by atoms with Gasteiger partial charge in [0.15, 0.2) is 5.16 Å². The number of H-pyrrole nitrogens is 1. The lowest BCUT2D eigenvalue weighted by molar-refractivity contribution is -0.117. The van der Waals surface area contributed by atoms with Crippen molar-refractivity contribution >= 4 is 23.4 Å². The fourth-order valence-corrected chi connectivity index (χ4v) is 2.45. The van der Waals surface area contributed by atoms with Gasteiger partial charge in [-0.05, 0) is 30.7 Å². The van der Waals surface area contributed by atoms with Gasteiger partial charge in [0.1, 0.15) is 6.33 Å². The van der Waals surface area contributed by atoms with Gasteiger partial charge >= 0.3 is 0 Å². The molecule has 1 heterocycles. The van der Waals surface area contributed by atoms with Gasteiger partial charge in [0.2, 0.25) is 5.91 Å². The zero-order valence-corrected chi connectivity index (χ0v) is 12.7. The number of anilines is 1. The van der Waals surface area contributed by atoms with Crippen LogP contribution in [0.4, 0.5) is 5.69 Å². The molecule has 0 unspecified atom stereocenters. The van der Waals surface area contributed by atoms with Crippen molar-refractivity contribution in [2.45, 2.75) is 42.3 Å². The van der Waals surface area contributed by atoms with Crippen molar-refractivity contribution < 1.29 is 4.79 Å². The number of hydrogen-bond acceptors (Lipinski definition) is 5. The summed E-state index contributed by atoms with van der Waals surface area (Å²) in [5, 5.41) is 10.1. The van der Waals surface area contributed by atoms with Gasteiger partial charge in [-0.3, -0.25) is 9.89 Å². The van der Waals surface area contributed by atoms with Gasteiger partial charge < -0.3 is 11.1 Å². The molecule has 0 fully saturated rings. The van der Waals surface area contributed by atoms with E-state index in [0.717, 1.165) is 28.6 Å². The van der Waals surface area contributed by atoms with E-state index in [1.807, 2.05) is 24.3 Å². The first kappa shape index (κ1) is 15.5. The molecule has 1 aromatic heterocycles. The third-order valence-electron chi connectivity index (χ3n) is 2.93. The van der Waals surface area contributed by atoms with Crippen LogP contribution in [0, 0.1) is 0 Å². The third-order valence-corrected chi connectivity index (χ3v) is 3.83. The number of nitrogens with one attached hydrogen (secondary N) is 2. The minimum atomic E-state index is -0.451. The van der Waals surface area contributed by atoms with Crippen molar-refractivity contribution in [1.29, 1.82) is 0 Å². The molecule has 4 N–H and O–H groups in total. The van der Waals surface area contributed by atoms with Crippen LogP contribution in [0.5, 0.6) is 0 Å². The van der Waals surface area contributed by atoms with Crippen molar-refractivity contribution in [3.05, 3.63) is 30.6 Å². The number of carbonyl (C=O) groups is 1. The first-order valence-electron chi connectivity index (χ1n) is 6.88. The summed E-state index contributed by atoms with van der Waals surface area (Å²) >= 11 is 1.47. The molecule has 112 valence electrons. The monoisotopic (exact) mass is 305 g/mol. The number of hydrogen-bond donors (Lipinski definition) is 3. The van der Waals surface area contributed by atoms with E-state index < -0.39 is 6.04 Å². The summed E-state index contributed by atoms with van der Waals surface area (Å²) in [6.07, 6.45) is 4.17. The number of aromatic nitrogens is 3. The van der Waals surface area contributed by atoms with E-state index in [1.54, 1.807) is 0 Å². The fourth-order valence-electron chi connectivity index (χ4n) is 1.75. The Labute approximate surface area is 127 Å². The number of rotatable bonds is 7. The van der Waals surface area contributed by atoms with E-state index in [1.165, 1.54) is 18.1 Å². The Kier molecular flexibility index (Phi) is 5.77. The fraction of sp³-hybridized carbons (Fsp3) is 0.357. The highest BCUT2D eigenvalue weighted by molar-refractivity contribution is 7.99. The number of carbonyl (C=O) groups excluding carboxylic acids is 1. The maximum absolute atomic E-state index is 11.9. The molecule has 0 spiro atoms. The molecule has 0 bridgehead atoms. The normalized spacial score (nSPS) is 12.1. The SMILES string of the molecule is CCCC[C@H](N)C(=O)Nc1ccc(Sc2ncn[nH]2)cc1. The van der Waals surface area contributed by atoms with Crippen LogP contribution in [0.1, 0.15) is 26.2 Å². The van der Waals surface area contributed by atoms with E-state index in [4.69, 9.17) is 5.73 Å². The van der Waals surface area contributed by atoms with Gasteiger partial charge in [-0.1, -0.05) is 31.5 Å². The molecule has 0 aliphatic carbocycles. The minimum absolute atomic E-state index is 0.140. The number of amides is 1. The number of nitrogens with zero attached hydrogens (tertiary/aromatic N) is 2. The van der Waals surface area contributed by atoms with Crippen LogP contribution in [0.25, 0.3) is 0 Å². The van der Waals surface area contributed by atoms with Crippen molar-refractivity contribution in [3.8, 4) is 0 Å². The smallest absolute Gasteiger partial charge is 0.241 e. The number of unbranched alkanes of at least 4 members (excludes halogenated alkanes) is 1. The predicted molar refractivity (Wildman–Crippen MR) is 83.1 cm³/mol. The molecule has 0 aliphatic rings. The molecule has 0 saturated carbocycles. The molecule has 2 rings (SSSR count). The van der Waals surface area contributed by atoms with E-state index in [0.29, 0.717) is 6.42 Å². The number of benzene rings is 1. The summed E-state index contributed by atoms with van der Waals surface area (Å²) in [4.78, 5) is 17.0. The van der Waals surface area contributed by atoms with Crippen LogP contribution < -0.4 is 11.1 Å². The van der Waals surface area contributed by atoms with E-state index in [2.05, 4.69) is 27.4 Å². The average molecular weight is 305 g/mol. The Bertz CT molecular complexity index is 555. The second kappa shape index (κ2) is 7.80. The number of nitrogens with two attached hydrogens (primary N) is 1. The van der Waals surface area contributed by atoms with E-state index in [-0.39, 0.29) is 5.91 Å². The quantitative estimate of drug-likeness (QED) is 0.730. The van der Waals surface area contributed by atoms with Gasteiger partial charge in [-0.2, -0.15) is 5.10 Å². The van der Waals surface area contributed by atoms with Crippen molar-refractivity contribution in [2.75, 3.05) is 5.32 Å². The summed E-state index contributed by atoms with van der Waals surface area (Å²) in [7, 11) is 0. The standard InChI is InChI=1S/C14H19N5OS/c1-2-3-4-12(15)13(20)18-10-5-7-11(8-6-10)21-14-16-9-17-19-14/h5-9,12H,2-4,15H2,1H3,(H,18,20)(H,16,17,19)/t12-/m0/s1. The maximum atomic E-state index is 11.9. The van der Waals surface area contributed by atoms with Gasteiger partial charge in [0.05, 0.1) is 6.04 Å². The molecule has 6 nitrogen and oxygen atoms in total. The highest BCUT2D eigenvalue weighted by Gasteiger charge is 2.12. The van der Waals surface area contributed by atoms with Gasteiger partial charge in [0, 0.05) is 10.6 Å². The van der Waals surface area contributed by atoms with Crippen molar-refractivity contribution in [3.63, 3.8) is 0 Å². The highest BCUT2D eigenvalue weighted by Crippen LogP contribution is 2.25. The molecule has 0 aliphatic heterocycles. The minimum Gasteiger partial charge on any atom is -0.325 e. The molecule has 1 amide bonds. The van der Waals surface area contributed by atoms with Crippen LogP contribution >= 0.6 is 11.8 Å². The Hall–Kier alpha value is -1.86. The van der Waals surface area contributed by atoms with Crippen LogP contribution in [-0.4, -0.2) is 27.1 Å². The lowest BCUT2D eigenvalue weighted by atomic mass is 10.1. The summed E-state index contributed by atoms with van der Waals surface area (Å²) in [6, 6.07) is 7.08. The topological polar surface area (TPSA) is 96.7 Å². The zero-order chi connectivity index (χ0) is 15.1. The summed E-state index contributed by atoms with van der Waals surface area (Å²) in [6.45, 7) is 2.08.